The van der Waals surface area contributed by atoms with E-state index in [0.717, 1.165) is 0 Å². The standard InChI is InChI=1S/C12H17BrN2O2/c1-3-12(17,4-2)8-15-11(16)9-6-5-7-14-10(9)13/h5-7,17H,3-4,8H2,1-2H3,(H,15,16). The summed E-state index contributed by atoms with van der Waals surface area (Å²) < 4.78 is 0.508. The van der Waals surface area contributed by atoms with Crippen LogP contribution in [0, 0.1) is 0 Å². The maximum absolute atomic E-state index is 11.9. The van der Waals surface area contributed by atoms with Crippen LogP contribution < -0.4 is 5.32 Å². The third-order valence-electron chi connectivity index (χ3n) is 2.90. The van der Waals surface area contributed by atoms with Gasteiger partial charge >= 0.3 is 0 Å². The Morgan fingerprint density at radius 1 is 1.53 bits per heavy atom. The molecule has 0 aliphatic heterocycles. The fraction of sp³-hybridized carbons (Fsp3) is 0.500. The molecule has 2 N–H and O–H groups in total. The van der Waals surface area contributed by atoms with Gasteiger partial charge in [-0.3, -0.25) is 4.79 Å². The van der Waals surface area contributed by atoms with Gasteiger partial charge in [-0.2, -0.15) is 0 Å². The molecular formula is C12H17BrN2O2. The fourth-order valence-corrected chi connectivity index (χ4v) is 1.83. The molecule has 1 rings (SSSR count). The summed E-state index contributed by atoms with van der Waals surface area (Å²) in [6, 6.07) is 3.38. The van der Waals surface area contributed by atoms with Crippen LogP contribution in [0.3, 0.4) is 0 Å². The van der Waals surface area contributed by atoms with Crippen molar-refractivity contribution >= 4 is 21.8 Å². The average molecular weight is 301 g/mol. The number of amides is 1. The maximum atomic E-state index is 11.9. The molecule has 0 aliphatic carbocycles. The second-order valence-electron chi connectivity index (χ2n) is 3.96. The van der Waals surface area contributed by atoms with Crippen molar-refractivity contribution < 1.29 is 9.90 Å². The Morgan fingerprint density at radius 2 is 2.18 bits per heavy atom. The van der Waals surface area contributed by atoms with E-state index in [0.29, 0.717) is 23.0 Å². The lowest BCUT2D eigenvalue weighted by Gasteiger charge is -2.25. The van der Waals surface area contributed by atoms with Gasteiger partial charge in [0.15, 0.2) is 0 Å². The molecule has 4 nitrogen and oxygen atoms in total. The van der Waals surface area contributed by atoms with Gasteiger partial charge in [-0.15, -0.1) is 0 Å². The summed E-state index contributed by atoms with van der Waals surface area (Å²) in [5.74, 6) is -0.231. The van der Waals surface area contributed by atoms with Gasteiger partial charge in [0.2, 0.25) is 0 Å². The monoisotopic (exact) mass is 300 g/mol. The van der Waals surface area contributed by atoms with E-state index in [1.54, 1.807) is 18.3 Å². The van der Waals surface area contributed by atoms with Crippen LogP contribution in [0.25, 0.3) is 0 Å². The number of nitrogens with zero attached hydrogens (tertiary/aromatic N) is 1. The highest BCUT2D eigenvalue weighted by atomic mass is 79.9. The van der Waals surface area contributed by atoms with Gasteiger partial charge in [0, 0.05) is 12.7 Å². The number of nitrogens with one attached hydrogen (secondary N) is 1. The van der Waals surface area contributed by atoms with Crippen LogP contribution in [-0.4, -0.2) is 28.1 Å². The second kappa shape index (κ2) is 6.12. The summed E-state index contributed by atoms with van der Waals surface area (Å²) in [7, 11) is 0. The Bertz CT molecular complexity index is 392. The van der Waals surface area contributed by atoms with Crippen molar-refractivity contribution in [2.24, 2.45) is 0 Å². The third kappa shape index (κ3) is 3.78. The summed E-state index contributed by atoms with van der Waals surface area (Å²) in [4.78, 5) is 15.8. The Balaban J connectivity index is 2.65. The van der Waals surface area contributed by atoms with Gasteiger partial charge in [0.05, 0.1) is 11.2 Å². The topological polar surface area (TPSA) is 62.2 Å². The second-order valence-corrected chi connectivity index (χ2v) is 4.71. The molecule has 0 fully saturated rings. The van der Waals surface area contributed by atoms with Crippen LogP contribution in [0.15, 0.2) is 22.9 Å². The highest BCUT2D eigenvalue weighted by Crippen LogP contribution is 2.15. The molecule has 0 aliphatic rings. The molecule has 94 valence electrons. The summed E-state index contributed by atoms with van der Waals surface area (Å²) in [5, 5.41) is 12.8. The smallest absolute Gasteiger partial charge is 0.254 e. The van der Waals surface area contributed by atoms with E-state index in [4.69, 9.17) is 0 Å². The van der Waals surface area contributed by atoms with Crippen molar-refractivity contribution in [1.82, 2.24) is 10.3 Å². The first-order chi connectivity index (χ1) is 8.02. The van der Waals surface area contributed by atoms with Crippen LogP contribution >= 0.6 is 15.9 Å². The molecule has 0 saturated heterocycles. The number of hydrogen-bond acceptors (Lipinski definition) is 3. The SMILES string of the molecule is CCC(O)(CC)CNC(=O)c1cccnc1Br. The van der Waals surface area contributed by atoms with Gasteiger partial charge < -0.3 is 10.4 Å². The average Bonchev–Trinajstić information content (AvgIpc) is 2.36. The lowest BCUT2D eigenvalue weighted by molar-refractivity contribution is 0.0314. The number of aliphatic hydroxyl groups is 1. The van der Waals surface area contributed by atoms with E-state index in [1.165, 1.54) is 0 Å². The van der Waals surface area contributed by atoms with Crippen molar-refractivity contribution in [3.63, 3.8) is 0 Å². The predicted molar refractivity (Wildman–Crippen MR) is 69.8 cm³/mol. The van der Waals surface area contributed by atoms with Crippen LogP contribution in [0.2, 0.25) is 0 Å². The highest BCUT2D eigenvalue weighted by Gasteiger charge is 2.23. The Kier molecular flexibility index (Phi) is 5.08. The number of halogens is 1. The Morgan fingerprint density at radius 3 is 2.71 bits per heavy atom. The first-order valence-corrected chi connectivity index (χ1v) is 6.43. The van der Waals surface area contributed by atoms with Crippen LogP contribution in [-0.2, 0) is 0 Å². The van der Waals surface area contributed by atoms with Crippen molar-refractivity contribution in [2.45, 2.75) is 32.3 Å². The van der Waals surface area contributed by atoms with Crippen molar-refractivity contribution in [3.8, 4) is 0 Å². The number of pyridine rings is 1. The normalized spacial score (nSPS) is 11.3. The van der Waals surface area contributed by atoms with Gasteiger partial charge in [-0.05, 0) is 40.9 Å². The van der Waals surface area contributed by atoms with Crippen molar-refractivity contribution in [3.05, 3.63) is 28.5 Å². The van der Waals surface area contributed by atoms with E-state index in [9.17, 15) is 9.90 Å². The molecule has 0 atom stereocenters. The van der Waals surface area contributed by atoms with Crippen molar-refractivity contribution in [2.75, 3.05) is 6.54 Å². The summed E-state index contributed by atoms with van der Waals surface area (Å²) in [6.07, 6.45) is 2.82. The van der Waals surface area contributed by atoms with Crippen LogP contribution in [0.1, 0.15) is 37.0 Å². The zero-order chi connectivity index (χ0) is 12.9. The number of hydrogen-bond donors (Lipinski definition) is 2. The van der Waals surface area contributed by atoms with E-state index < -0.39 is 5.60 Å². The minimum absolute atomic E-state index is 0.231. The molecule has 1 heterocycles. The van der Waals surface area contributed by atoms with Crippen LogP contribution in [0.5, 0.6) is 0 Å². The first kappa shape index (κ1) is 14.1. The number of aromatic nitrogens is 1. The Hall–Kier alpha value is -0.940. The molecular weight excluding hydrogens is 284 g/mol. The number of carbonyl (C=O) groups excluding carboxylic acids is 1. The van der Waals surface area contributed by atoms with Crippen molar-refractivity contribution in [1.29, 1.82) is 0 Å². The molecule has 1 aromatic rings. The molecule has 1 amide bonds. The molecule has 0 saturated carbocycles. The minimum atomic E-state index is -0.829. The van der Waals surface area contributed by atoms with Crippen LogP contribution in [0.4, 0.5) is 0 Å². The molecule has 1 aromatic heterocycles. The largest absolute Gasteiger partial charge is 0.388 e. The summed E-state index contributed by atoms with van der Waals surface area (Å²) in [5.41, 5.74) is -0.355. The minimum Gasteiger partial charge on any atom is -0.388 e. The molecule has 5 heteroatoms. The summed E-state index contributed by atoms with van der Waals surface area (Å²) >= 11 is 3.22. The quantitative estimate of drug-likeness (QED) is 0.819. The lowest BCUT2D eigenvalue weighted by atomic mass is 9.97. The highest BCUT2D eigenvalue weighted by molar-refractivity contribution is 9.10. The molecule has 0 unspecified atom stereocenters. The number of rotatable bonds is 5. The van der Waals surface area contributed by atoms with E-state index in [-0.39, 0.29) is 12.5 Å². The third-order valence-corrected chi connectivity index (χ3v) is 3.53. The molecule has 0 radical (unpaired) electrons. The zero-order valence-electron chi connectivity index (χ0n) is 10.0. The number of carbonyl (C=O) groups is 1. The maximum Gasteiger partial charge on any atom is 0.254 e. The molecule has 0 bridgehead atoms. The molecule has 0 aromatic carbocycles. The van der Waals surface area contributed by atoms with E-state index in [2.05, 4.69) is 26.2 Å². The van der Waals surface area contributed by atoms with Gasteiger partial charge in [0.1, 0.15) is 4.60 Å². The molecule has 17 heavy (non-hydrogen) atoms. The van der Waals surface area contributed by atoms with Gasteiger partial charge in [0.25, 0.3) is 5.91 Å². The molecule has 0 spiro atoms. The zero-order valence-corrected chi connectivity index (χ0v) is 11.6. The lowest BCUT2D eigenvalue weighted by Crippen LogP contribution is -2.42. The fourth-order valence-electron chi connectivity index (χ4n) is 1.40. The predicted octanol–water partition coefficient (Wildman–Crippen LogP) is 2.12. The Labute approximate surface area is 110 Å². The van der Waals surface area contributed by atoms with E-state index >= 15 is 0 Å². The van der Waals surface area contributed by atoms with Gasteiger partial charge in [-0.25, -0.2) is 4.98 Å². The van der Waals surface area contributed by atoms with E-state index in [1.807, 2.05) is 13.8 Å². The summed E-state index contributed by atoms with van der Waals surface area (Å²) in [6.45, 7) is 4.05. The first-order valence-electron chi connectivity index (χ1n) is 5.63. The van der Waals surface area contributed by atoms with Gasteiger partial charge in [-0.1, -0.05) is 13.8 Å².